The minimum absolute atomic E-state index is 0.0591. The summed E-state index contributed by atoms with van der Waals surface area (Å²) in [7, 11) is 1.79. The van der Waals surface area contributed by atoms with E-state index in [-0.39, 0.29) is 11.9 Å². The summed E-state index contributed by atoms with van der Waals surface area (Å²) in [6.45, 7) is 6.37. The molecule has 0 saturated carbocycles. The fraction of sp³-hybridized carbons (Fsp3) is 0.364. The van der Waals surface area contributed by atoms with Crippen LogP contribution < -0.4 is 15.0 Å². The molecular weight excluding hydrogens is 354 g/mol. The van der Waals surface area contributed by atoms with Gasteiger partial charge in [-0.15, -0.1) is 0 Å². The zero-order valence-corrected chi connectivity index (χ0v) is 16.7. The lowest BCUT2D eigenvalue weighted by atomic mass is 10.1. The Balaban J connectivity index is 1.55. The maximum absolute atomic E-state index is 12.8. The number of carbonyl (C=O) groups is 2. The first-order valence-electron chi connectivity index (χ1n) is 9.56. The Morgan fingerprint density at radius 2 is 1.93 bits per heavy atom. The Bertz CT molecular complexity index is 849. The summed E-state index contributed by atoms with van der Waals surface area (Å²) < 4.78 is 5.72. The van der Waals surface area contributed by atoms with Gasteiger partial charge in [0.05, 0.1) is 6.61 Å². The molecule has 0 radical (unpaired) electrons. The van der Waals surface area contributed by atoms with E-state index in [2.05, 4.69) is 5.32 Å². The predicted molar refractivity (Wildman–Crippen MR) is 110 cm³/mol. The molecular formula is C22H27N3O3. The Hall–Kier alpha value is -3.02. The molecule has 1 saturated heterocycles. The number of hydrogen-bond donors (Lipinski definition) is 1. The van der Waals surface area contributed by atoms with E-state index < -0.39 is 0 Å². The van der Waals surface area contributed by atoms with Crippen molar-refractivity contribution in [2.75, 3.05) is 38.2 Å². The highest BCUT2D eigenvalue weighted by atomic mass is 16.5. The van der Waals surface area contributed by atoms with Crippen molar-refractivity contribution < 1.29 is 14.3 Å². The molecule has 1 aliphatic rings. The van der Waals surface area contributed by atoms with Gasteiger partial charge in [0, 0.05) is 37.9 Å². The summed E-state index contributed by atoms with van der Waals surface area (Å²) in [6, 6.07) is 13.3. The third-order valence-corrected chi connectivity index (χ3v) is 4.88. The summed E-state index contributed by atoms with van der Waals surface area (Å²) >= 11 is 0. The molecule has 2 aromatic rings. The largest absolute Gasteiger partial charge is 0.494 e. The van der Waals surface area contributed by atoms with Gasteiger partial charge in [0.15, 0.2) is 0 Å². The van der Waals surface area contributed by atoms with Gasteiger partial charge in [-0.2, -0.15) is 0 Å². The number of ether oxygens (including phenoxy) is 1. The molecule has 2 aromatic carbocycles. The minimum Gasteiger partial charge on any atom is -0.494 e. The van der Waals surface area contributed by atoms with Gasteiger partial charge >= 0.3 is 6.03 Å². The van der Waals surface area contributed by atoms with Crippen molar-refractivity contribution in [3.05, 3.63) is 59.2 Å². The van der Waals surface area contributed by atoms with Gasteiger partial charge in [0.25, 0.3) is 5.91 Å². The maximum atomic E-state index is 12.8. The molecule has 3 rings (SSSR count). The number of benzene rings is 2. The van der Waals surface area contributed by atoms with E-state index in [9.17, 15) is 9.59 Å². The van der Waals surface area contributed by atoms with E-state index in [1.54, 1.807) is 16.8 Å². The second kappa shape index (κ2) is 8.78. The highest BCUT2D eigenvalue weighted by Gasteiger charge is 2.24. The first kappa shape index (κ1) is 19.7. The van der Waals surface area contributed by atoms with Crippen LogP contribution in [0.4, 0.5) is 10.5 Å². The van der Waals surface area contributed by atoms with Gasteiger partial charge in [0.1, 0.15) is 5.75 Å². The zero-order valence-electron chi connectivity index (χ0n) is 16.7. The van der Waals surface area contributed by atoms with Crippen LogP contribution in [-0.4, -0.2) is 50.1 Å². The molecule has 0 aliphatic carbocycles. The fourth-order valence-corrected chi connectivity index (χ4v) is 3.18. The van der Waals surface area contributed by atoms with Crippen LogP contribution in [0.3, 0.4) is 0 Å². The maximum Gasteiger partial charge on any atom is 0.322 e. The quantitative estimate of drug-likeness (QED) is 0.748. The van der Waals surface area contributed by atoms with Crippen LogP contribution in [0.1, 0.15) is 27.9 Å². The molecule has 1 aliphatic heterocycles. The third kappa shape index (κ3) is 4.63. The molecule has 148 valence electrons. The van der Waals surface area contributed by atoms with Crippen LogP contribution in [0, 0.1) is 13.8 Å². The normalized spacial score (nSPS) is 13.4. The first-order chi connectivity index (χ1) is 13.5. The molecule has 1 N–H and O–H groups in total. The van der Waals surface area contributed by atoms with Gasteiger partial charge in [-0.25, -0.2) is 4.79 Å². The lowest BCUT2D eigenvalue weighted by Gasteiger charge is -2.21. The molecule has 0 bridgehead atoms. The summed E-state index contributed by atoms with van der Waals surface area (Å²) in [5.41, 5.74) is 3.54. The Kier molecular flexibility index (Phi) is 6.19. The number of carbonyl (C=O) groups excluding carboxylic acids is 2. The molecule has 0 aromatic heterocycles. The SMILES string of the molecule is Cc1ccc(OCCCN(C)C(=O)c2ccc(C)c(N3CCNC3=O)c2)cc1. The first-order valence-corrected chi connectivity index (χ1v) is 9.56. The van der Waals surface area contributed by atoms with Crippen molar-refractivity contribution in [1.29, 1.82) is 0 Å². The van der Waals surface area contributed by atoms with Gasteiger partial charge in [0.2, 0.25) is 0 Å². The van der Waals surface area contributed by atoms with Crippen LogP contribution in [0.2, 0.25) is 0 Å². The summed E-state index contributed by atoms with van der Waals surface area (Å²) in [5, 5.41) is 2.80. The second-order valence-electron chi connectivity index (χ2n) is 7.13. The standard InChI is InChI=1S/C22H27N3O3/c1-16-5-9-19(10-6-16)28-14-4-12-24(3)21(26)18-8-7-17(2)20(15-18)25-13-11-23-22(25)27/h5-10,15H,4,11-14H2,1-3H3,(H,23,27). The molecule has 1 fully saturated rings. The lowest BCUT2D eigenvalue weighted by Crippen LogP contribution is -2.30. The van der Waals surface area contributed by atoms with Crippen LogP contribution in [0.25, 0.3) is 0 Å². The highest BCUT2D eigenvalue weighted by Crippen LogP contribution is 2.24. The van der Waals surface area contributed by atoms with Crippen molar-refractivity contribution in [3.63, 3.8) is 0 Å². The number of anilines is 1. The number of amides is 3. The van der Waals surface area contributed by atoms with Crippen LogP contribution in [0.15, 0.2) is 42.5 Å². The van der Waals surface area contributed by atoms with Crippen molar-refractivity contribution >= 4 is 17.6 Å². The molecule has 6 heteroatoms. The molecule has 28 heavy (non-hydrogen) atoms. The Labute approximate surface area is 166 Å². The monoisotopic (exact) mass is 381 g/mol. The molecule has 0 atom stereocenters. The van der Waals surface area contributed by atoms with Gasteiger partial charge in [-0.3, -0.25) is 9.69 Å². The van der Waals surface area contributed by atoms with E-state index in [4.69, 9.17) is 4.74 Å². The summed E-state index contributed by atoms with van der Waals surface area (Å²) in [5.74, 6) is 0.780. The number of rotatable bonds is 7. The molecule has 3 amide bonds. The topological polar surface area (TPSA) is 61.9 Å². The highest BCUT2D eigenvalue weighted by molar-refractivity contribution is 5.99. The van der Waals surface area contributed by atoms with E-state index >= 15 is 0 Å². The molecule has 1 heterocycles. The van der Waals surface area contributed by atoms with Crippen LogP contribution in [0.5, 0.6) is 5.75 Å². The van der Waals surface area contributed by atoms with E-state index in [0.717, 1.165) is 23.4 Å². The van der Waals surface area contributed by atoms with E-state index in [1.807, 2.05) is 56.3 Å². The number of urea groups is 1. The smallest absolute Gasteiger partial charge is 0.322 e. The molecule has 0 unspecified atom stereocenters. The van der Waals surface area contributed by atoms with Gasteiger partial charge in [-0.05, 0) is 50.1 Å². The number of nitrogens with zero attached hydrogens (tertiary/aromatic N) is 2. The van der Waals surface area contributed by atoms with E-state index in [0.29, 0.717) is 31.8 Å². The van der Waals surface area contributed by atoms with E-state index in [1.165, 1.54) is 5.56 Å². The van der Waals surface area contributed by atoms with Crippen molar-refractivity contribution in [2.45, 2.75) is 20.3 Å². The predicted octanol–water partition coefficient (Wildman–Crippen LogP) is 3.37. The number of aryl methyl sites for hydroxylation is 2. The average molecular weight is 381 g/mol. The third-order valence-electron chi connectivity index (χ3n) is 4.88. The minimum atomic E-state index is -0.116. The zero-order chi connectivity index (χ0) is 20.1. The fourth-order valence-electron chi connectivity index (χ4n) is 3.18. The Morgan fingerprint density at radius 3 is 2.61 bits per heavy atom. The summed E-state index contributed by atoms with van der Waals surface area (Å²) in [4.78, 5) is 28.1. The van der Waals surface area contributed by atoms with Crippen LogP contribution in [-0.2, 0) is 0 Å². The number of nitrogens with one attached hydrogen (secondary N) is 1. The average Bonchev–Trinajstić information content (AvgIpc) is 3.12. The lowest BCUT2D eigenvalue weighted by molar-refractivity contribution is 0.0788. The van der Waals surface area contributed by atoms with Crippen molar-refractivity contribution in [3.8, 4) is 5.75 Å². The van der Waals surface area contributed by atoms with Gasteiger partial charge < -0.3 is 15.0 Å². The molecule has 0 spiro atoms. The molecule has 6 nitrogen and oxygen atoms in total. The number of hydrogen-bond acceptors (Lipinski definition) is 3. The summed E-state index contributed by atoms with van der Waals surface area (Å²) in [6.07, 6.45) is 0.739. The van der Waals surface area contributed by atoms with Crippen LogP contribution >= 0.6 is 0 Å². The Morgan fingerprint density at radius 1 is 1.18 bits per heavy atom. The second-order valence-corrected chi connectivity index (χ2v) is 7.13. The van der Waals surface area contributed by atoms with Crippen molar-refractivity contribution in [2.24, 2.45) is 0 Å². The van der Waals surface area contributed by atoms with Crippen molar-refractivity contribution in [1.82, 2.24) is 10.2 Å². The van der Waals surface area contributed by atoms with Gasteiger partial charge in [-0.1, -0.05) is 23.8 Å².